The molecule has 0 bridgehead atoms. The van der Waals surface area contributed by atoms with Crippen molar-refractivity contribution in [1.29, 1.82) is 0 Å². The lowest BCUT2D eigenvalue weighted by molar-refractivity contribution is -0.131. The molecule has 0 aliphatic carbocycles. The summed E-state index contributed by atoms with van der Waals surface area (Å²) in [4.78, 5) is 28.2. The van der Waals surface area contributed by atoms with E-state index in [1.54, 1.807) is 24.3 Å². The molecule has 0 atom stereocenters. The molecular formula is C23H24Cl2N4O2S. The Morgan fingerprint density at radius 3 is 2.34 bits per heavy atom. The molecular weight excluding hydrogens is 467 g/mol. The first-order valence-electron chi connectivity index (χ1n) is 10.2. The first-order chi connectivity index (χ1) is 15.4. The number of thiocarbonyl (C=S) groups is 1. The van der Waals surface area contributed by atoms with Crippen LogP contribution >= 0.6 is 35.4 Å². The van der Waals surface area contributed by atoms with Crippen molar-refractivity contribution in [2.45, 2.75) is 13.3 Å². The quantitative estimate of drug-likeness (QED) is 0.474. The van der Waals surface area contributed by atoms with Crippen molar-refractivity contribution in [2.75, 3.05) is 36.4 Å². The zero-order valence-corrected chi connectivity index (χ0v) is 19.9. The topological polar surface area (TPSA) is 64.7 Å². The molecule has 9 heteroatoms. The van der Waals surface area contributed by atoms with Crippen LogP contribution in [-0.4, -0.2) is 48.0 Å². The number of halogens is 2. The third-order valence-electron chi connectivity index (χ3n) is 5.02. The summed E-state index contributed by atoms with van der Waals surface area (Å²) in [5.41, 5.74) is 2.45. The summed E-state index contributed by atoms with van der Waals surface area (Å²) < 4.78 is 0. The van der Waals surface area contributed by atoms with Gasteiger partial charge in [0.05, 0.1) is 11.4 Å². The number of amides is 2. The SMILES string of the molecule is CCC(=O)N1CCN(c2ccc(Cl)cc2NC(=S)NC(=O)C=Cc2ccc(Cl)cc2)CC1. The average Bonchev–Trinajstić information content (AvgIpc) is 2.78. The van der Waals surface area contributed by atoms with Gasteiger partial charge in [0.25, 0.3) is 0 Å². The van der Waals surface area contributed by atoms with Gasteiger partial charge < -0.3 is 15.1 Å². The smallest absolute Gasteiger partial charge is 0.250 e. The van der Waals surface area contributed by atoms with Crippen LogP contribution in [0, 0.1) is 0 Å². The Bertz CT molecular complexity index is 1020. The predicted octanol–water partition coefficient (Wildman–Crippen LogP) is 4.58. The third kappa shape index (κ3) is 6.69. The van der Waals surface area contributed by atoms with Crippen LogP contribution in [0.15, 0.2) is 48.5 Å². The van der Waals surface area contributed by atoms with Crippen LogP contribution in [0.1, 0.15) is 18.9 Å². The number of carbonyl (C=O) groups excluding carboxylic acids is 2. The Morgan fingerprint density at radius 1 is 1.03 bits per heavy atom. The van der Waals surface area contributed by atoms with Gasteiger partial charge in [0, 0.05) is 48.7 Å². The van der Waals surface area contributed by atoms with Crippen LogP contribution in [0.4, 0.5) is 11.4 Å². The summed E-state index contributed by atoms with van der Waals surface area (Å²) >= 11 is 17.4. The van der Waals surface area contributed by atoms with Crippen molar-refractivity contribution in [3.05, 3.63) is 64.1 Å². The number of piperazine rings is 1. The molecule has 1 fully saturated rings. The number of hydrogen-bond donors (Lipinski definition) is 2. The molecule has 0 radical (unpaired) electrons. The van der Waals surface area contributed by atoms with Crippen LogP contribution in [-0.2, 0) is 9.59 Å². The second-order valence-electron chi connectivity index (χ2n) is 7.21. The Kier molecular flexibility index (Phi) is 8.50. The van der Waals surface area contributed by atoms with Gasteiger partial charge in [-0.05, 0) is 54.2 Å². The molecule has 2 aromatic carbocycles. The molecule has 2 N–H and O–H groups in total. The fourth-order valence-electron chi connectivity index (χ4n) is 3.36. The molecule has 32 heavy (non-hydrogen) atoms. The van der Waals surface area contributed by atoms with Gasteiger partial charge in [-0.1, -0.05) is 42.3 Å². The minimum absolute atomic E-state index is 0.162. The highest BCUT2D eigenvalue weighted by atomic mass is 35.5. The molecule has 1 saturated heterocycles. The minimum atomic E-state index is -0.354. The summed E-state index contributed by atoms with van der Waals surface area (Å²) in [6.45, 7) is 4.59. The van der Waals surface area contributed by atoms with Gasteiger partial charge in [0.15, 0.2) is 5.11 Å². The van der Waals surface area contributed by atoms with Gasteiger partial charge >= 0.3 is 0 Å². The van der Waals surface area contributed by atoms with Gasteiger partial charge in [0.2, 0.25) is 11.8 Å². The van der Waals surface area contributed by atoms with Crippen LogP contribution in [0.25, 0.3) is 6.08 Å². The highest BCUT2D eigenvalue weighted by Crippen LogP contribution is 2.30. The maximum absolute atomic E-state index is 12.2. The molecule has 1 aliphatic heterocycles. The maximum atomic E-state index is 12.2. The molecule has 1 aliphatic rings. The fourth-order valence-corrected chi connectivity index (χ4v) is 3.87. The number of hydrogen-bond acceptors (Lipinski definition) is 4. The second-order valence-corrected chi connectivity index (χ2v) is 8.49. The third-order valence-corrected chi connectivity index (χ3v) is 5.71. The predicted molar refractivity (Wildman–Crippen MR) is 135 cm³/mol. The van der Waals surface area contributed by atoms with Crippen LogP contribution < -0.4 is 15.5 Å². The minimum Gasteiger partial charge on any atom is -0.366 e. The molecule has 0 spiro atoms. The van der Waals surface area contributed by atoms with Crippen molar-refractivity contribution in [1.82, 2.24) is 10.2 Å². The first kappa shape index (κ1) is 24.0. The van der Waals surface area contributed by atoms with Gasteiger partial charge in [-0.15, -0.1) is 0 Å². The van der Waals surface area contributed by atoms with E-state index in [1.807, 2.05) is 36.1 Å². The molecule has 0 unspecified atom stereocenters. The highest BCUT2D eigenvalue weighted by Gasteiger charge is 2.22. The van der Waals surface area contributed by atoms with E-state index in [4.69, 9.17) is 35.4 Å². The zero-order chi connectivity index (χ0) is 23.1. The Morgan fingerprint density at radius 2 is 1.69 bits per heavy atom. The number of benzene rings is 2. The zero-order valence-electron chi connectivity index (χ0n) is 17.6. The van der Waals surface area contributed by atoms with E-state index in [0.29, 0.717) is 48.3 Å². The lowest BCUT2D eigenvalue weighted by atomic mass is 10.2. The molecule has 2 amide bonds. The van der Waals surface area contributed by atoms with Crippen molar-refractivity contribution < 1.29 is 9.59 Å². The Labute approximate surface area is 203 Å². The van der Waals surface area contributed by atoms with Crippen LogP contribution in [0.5, 0.6) is 0 Å². The Balaban J connectivity index is 1.62. The van der Waals surface area contributed by atoms with E-state index in [1.165, 1.54) is 6.08 Å². The van der Waals surface area contributed by atoms with Gasteiger partial charge in [-0.3, -0.25) is 14.9 Å². The number of anilines is 2. The van der Waals surface area contributed by atoms with Crippen molar-refractivity contribution in [2.24, 2.45) is 0 Å². The summed E-state index contributed by atoms with van der Waals surface area (Å²) in [7, 11) is 0. The molecule has 6 nitrogen and oxygen atoms in total. The standard InChI is InChI=1S/C23H24Cl2N4O2S/c1-2-22(31)29-13-11-28(12-14-29)20-9-8-18(25)15-19(20)26-23(32)27-21(30)10-5-16-3-6-17(24)7-4-16/h3-10,15H,2,11-14H2,1H3,(H2,26,27,30,32). The van der Waals surface area contributed by atoms with E-state index in [0.717, 1.165) is 11.3 Å². The molecule has 0 saturated carbocycles. The van der Waals surface area contributed by atoms with Crippen LogP contribution in [0.2, 0.25) is 10.0 Å². The molecule has 1 heterocycles. The molecule has 0 aromatic heterocycles. The summed E-state index contributed by atoms with van der Waals surface area (Å²) in [5, 5.41) is 7.06. The fraction of sp³-hybridized carbons (Fsp3) is 0.261. The number of nitrogens with one attached hydrogen (secondary N) is 2. The number of rotatable bonds is 5. The number of nitrogens with zero attached hydrogens (tertiary/aromatic N) is 2. The van der Waals surface area contributed by atoms with E-state index < -0.39 is 0 Å². The molecule has 3 rings (SSSR count). The van der Waals surface area contributed by atoms with E-state index >= 15 is 0 Å². The van der Waals surface area contributed by atoms with Crippen molar-refractivity contribution >= 4 is 69.8 Å². The second kappa shape index (κ2) is 11.3. The largest absolute Gasteiger partial charge is 0.366 e. The van der Waals surface area contributed by atoms with Gasteiger partial charge in [0.1, 0.15) is 0 Å². The van der Waals surface area contributed by atoms with Gasteiger partial charge in [-0.25, -0.2) is 0 Å². The summed E-state index contributed by atoms with van der Waals surface area (Å²) in [5.74, 6) is -0.192. The average molecular weight is 491 g/mol. The van der Waals surface area contributed by atoms with E-state index in [2.05, 4.69) is 15.5 Å². The molecule has 2 aromatic rings. The van der Waals surface area contributed by atoms with E-state index in [9.17, 15) is 9.59 Å². The van der Waals surface area contributed by atoms with E-state index in [-0.39, 0.29) is 16.9 Å². The van der Waals surface area contributed by atoms with Crippen molar-refractivity contribution in [3.8, 4) is 0 Å². The summed E-state index contributed by atoms with van der Waals surface area (Å²) in [6.07, 6.45) is 3.59. The number of carbonyl (C=O) groups is 2. The highest BCUT2D eigenvalue weighted by molar-refractivity contribution is 7.80. The first-order valence-corrected chi connectivity index (χ1v) is 11.4. The van der Waals surface area contributed by atoms with Gasteiger partial charge in [-0.2, -0.15) is 0 Å². The lowest BCUT2D eigenvalue weighted by Crippen LogP contribution is -2.48. The maximum Gasteiger partial charge on any atom is 0.250 e. The Hall–Kier alpha value is -2.61. The lowest BCUT2D eigenvalue weighted by Gasteiger charge is -2.37. The normalized spacial score (nSPS) is 13.8. The van der Waals surface area contributed by atoms with Crippen molar-refractivity contribution in [3.63, 3.8) is 0 Å². The monoisotopic (exact) mass is 490 g/mol. The summed E-state index contributed by atoms with van der Waals surface area (Å²) in [6, 6.07) is 12.6. The van der Waals surface area contributed by atoms with Crippen LogP contribution in [0.3, 0.4) is 0 Å². The molecule has 168 valence electrons.